The Morgan fingerprint density at radius 1 is 0.211 bits per heavy atom. The number of aromatic nitrogens is 4. The Bertz CT molecular complexity index is 9080. The molecule has 0 aliphatic carbocycles. The fourth-order valence-corrected chi connectivity index (χ4v) is 20.3. The van der Waals surface area contributed by atoms with E-state index in [0.29, 0.717) is 89.2 Å². The zero-order valence-electron chi connectivity index (χ0n) is 92.8. The normalized spacial score (nSPS) is 14.7. The number of hydrogen-bond acceptors (Lipinski definition) is 2. The Labute approximate surface area is 801 Å². The maximum absolute atomic E-state index is 12.4. The van der Waals surface area contributed by atoms with Crippen molar-refractivity contribution in [3.63, 3.8) is 0 Å². The van der Waals surface area contributed by atoms with E-state index < -0.39 is 119 Å². The highest BCUT2D eigenvalue weighted by atomic mass is 15.2. The molecule has 0 amide bonds. The summed E-state index contributed by atoms with van der Waals surface area (Å²) in [5.41, 5.74) is 8.63. The van der Waals surface area contributed by atoms with Gasteiger partial charge in [-0.2, -0.15) is 0 Å². The monoisotopic (exact) mass is 1720 g/mol. The molecule has 0 saturated heterocycles. The van der Waals surface area contributed by atoms with Crippen molar-refractivity contribution in [2.24, 2.45) is 0 Å². The molecule has 0 spiro atoms. The van der Waals surface area contributed by atoms with Gasteiger partial charge in [-0.1, -0.05) is 341 Å². The minimum Gasteiger partial charge on any atom is -0.310 e. The molecule has 23 aromatic rings. The second-order valence-electron chi connectivity index (χ2n) is 38.0. The Balaban J connectivity index is 0.904. The molecule has 6 heterocycles. The van der Waals surface area contributed by atoms with Crippen molar-refractivity contribution in [2.75, 3.05) is 9.80 Å². The average molecular weight is 1720 g/mol. The van der Waals surface area contributed by atoms with Crippen LogP contribution in [0.15, 0.2) is 424 Å². The van der Waals surface area contributed by atoms with E-state index in [1.165, 1.54) is 9.13 Å². The third kappa shape index (κ3) is 12.8. The Kier molecular flexibility index (Phi) is 14.2. The summed E-state index contributed by atoms with van der Waals surface area (Å²) in [7, 11) is 0. The maximum Gasteiger partial charge on any atom is 0.252 e. The third-order valence-electron chi connectivity index (χ3n) is 26.9. The van der Waals surface area contributed by atoms with Gasteiger partial charge in [0.2, 0.25) is 0 Å². The number of nitrogens with zero attached hydrogens (tertiary/aromatic N) is 6. The molecule has 0 N–H and O–H groups in total. The van der Waals surface area contributed by atoms with Crippen LogP contribution in [0, 0.1) is 0 Å². The SMILES string of the molecule is [2H]c1c([2H])c(-n2c3c([2H])c([2H])c(-c4ccccc4)c([2H])c3c3c([2H])c(-n4c5ccccc5c5ccccc54)c([2H])c([2H])c32)c([2H])c2c1B1c3c(cc(C(C)(C)C)cc3N(c3c(-c4ccccc4)cc(C(C)(C)C)cc3-c3ccccc3)c3c([2H])c(-n4c5c([2H])c([2H])c(-c6ccccc6)c([2H])c5c5c([2H])c(-n6c7ccccc7c7ccccc76)c([2H])c([2H])c54)c([2H])c([2H])c31)N2c1c(-c2ccccc2)cc(C(C)(C)C)cc1-c1ccccc1. The number of para-hydroxylation sites is 4. The first-order valence-corrected chi connectivity index (χ1v) is 45.4. The van der Waals surface area contributed by atoms with Gasteiger partial charge in [-0.15, -0.1) is 0 Å². The first-order chi connectivity index (χ1) is 72.5. The summed E-state index contributed by atoms with van der Waals surface area (Å²) in [5.74, 6) is 0. The van der Waals surface area contributed by atoms with Crippen molar-refractivity contribution in [3.8, 4) is 89.5 Å². The first-order valence-electron chi connectivity index (χ1n) is 54.4. The quantitative estimate of drug-likeness (QED) is 0.114. The molecule has 19 aromatic carbocycles. The predicted octanol–water partition coefficient (Wildman–Crippen LogP) is 32.1. The Morgan fingerprint density at radius 2 is 0.459 bits per heavy atom. The van der Waals surface area contributed by atoms with Gasteiger partial charge >= 0.3 is 0 Å². The highest BCUT2D eigenvalue weighted by Gasteiger charge is 2.47. The van der Waals surface area contributed by atoms with E-state index >= 15 is 0 Å². The van der Waals surface area contributed by atoms with Crippen molar-refractivity contribution in [3.05, 3.63) is 441 Å². The molecule has 2 aliphatic rings. The molecule has 7 heteroatoms. The molecule has 133 heavy (non-hydrogen) atoms. The van der Waals surface area contributed by atoms with Gasteiger partial charge in [0.1, 0.15) is 0 Å². The molecular formula is C126H97BN6. The minimum atomic E-state index is -1.64. The standard InChI is InChI=1S/C126H97BN6/c1-124(2,3)88-70-99(82-40-20-12-21-41-82)122(100(71-88)83-42-22-13-23-43-83)132-117-78-93(130-113-64-56-86(80-36-16-10-17-37-80)68-103(113)105-76-91(60-66-115(105)130)128-109-52-32-28-48-95(109)96-49-29-33-53-110(96)128)58-62-107(117)127-108-63-59-94(131-114-65-57-87(81-38-18-11-19-39-81)69-104(114)106-77-92(61-67-116(106)131)129-111-54-34-30-50-97(111)98-51-31-35-55-112(98)129)79-118(108)133(120-75-90(126(7,8)9)74-119(132)121(120)127)123-101(84-44-24-14-25-45-84)72-89(125(4,5)6)73-102(123)85-46-26-15-27-47-85/h10-79H,1-9H3/i56D,57D,58D,59D,60D,61D,62D,63D,64D,65D,66D,67D,68D,69D,76D,77D,78D,79D. The van der Waals surface area contributed by atoms with E-state index in [1.807, 2.05) is 228 Å². The summed E-state index contributed by atoms with van der Waals surface area (Å²) in [6.07, 6.45) is 0. The summed E-state index contributed by atoms with van der Waals surface area (Å²) in [6, 6.07) is 91.3. The van der Waals surface area contributed by atoms with Crippen molar-refractivity contribution >= 4 is 144 Å². The second kappa shape index (κ2) is 30.3. The van der Waals surface area contributed by atoms with Crippen molar-refractivity contribution in [2.45, 2.75) is 78.6 Å². The molecule has 6 nitrogen and oxygen atoms in total. The number of hydrogen-bond donors (Lipinski definition) is 0. The van der Waals surface area contributed by atoms with Gasteiger partial charge in [-0.05, 0) is 239 Å². The van der Waals surface area contributed by atoms with Gasteiger partial charge in [0, 0.05) is 111 Å². The van der Waals surface area contributed by atoms with Crippen LogP contribution < -0.4 is 26.2 Å². The van der Waals surface area contributed by atoms with E-state index in [-0.39, 0.29) is 113 Å². The molecule has 634 valence electrons. The lowest BCUT2D eigenvalue weighted by molar-refractivity contribution is 0.590. The molecule has 0 bridgehead atoms. The van der Waals surface area contributed by atoms with E-state index in [0.717, 1.165) is 54.9 Å². The lowest BCUT2D eigenvalue weighted by Crippen LogP contribution is -2.61. The first kappa shape index (κ1) is 62.3. The van der Waals surface area contributed by atoms with Crippen LogP contribution in [0.4, 0.5) is 34.1 Å². The topological polar surface area (TPSA) is 26.2 Å². The van der Waals surface area contributed by atoms with Crippen LogP contribution in [0.5, 0.6) is 0 Å². The molecule has 0 unspecified atom stereocenters. The van der Waals surface area contributed by atoms with Crippen LogP contribution in [0.1, 0.15) is 104 Å². The van der Waals surface area contributed by atoms with Gasteiger partial charge in [0.25, 0.3) is 6.71 Å². The van der Waals surface area contributed by atoms with E-state index in [4.69, 9.17) is 0 Å². The highest BCUT2D eigenvalue weighted by Crippen LogP contribution is 2.57. The minimum absolute atomic E-state index is 0.0118. The summed E-state index contributed by atoms with van der Waals surface area (Å²) in [4.78, 5) is 4.00. The van der Waals surface area contributed by atoms with E-state index in [9.17, 15) is 24.7 Å². The number of benzene rings is 19. The molecular weight excluding hydrogens is 1610 g/mol. The van der Waals surface area contributed by atoms with Crippen molar-refractivity contribution in [1.82, 2.24) is 18.3 Å². The number of rotatable bonds is 12. The van der Waals surface area contributed by atoms with Gasteiger partial charge in [0.15, 0.2) is 0 Å². The molecule has 0 saturated carbocycles. The summed E-state index contributed by atoms with van der Waals surface area (Å²) in [6.45, 7) is 17.5. The molecule has 0 radical (unpaired) electrons. The van der Waals surface area contributed by atoms with Crippen LogP contribution >= 0.6 is 0 Å². The van der Waals surface area contributed by atoms with Crippen LogP contribution in [0.25, 0.3) is 177 Å². The predicted molar refractivity (Wildman–Crippen MR) is 567 cm³/mol. The third-order valence-corrected chi connectivity index (χ3v) is 26.9. The molecule has 4 aromatic heterocycles. The van der Waals surface area contributed by atoms with Crippen molar-refractivity contribution in [1.29, 1.82) is 0 Å². The smallest absolute Gasteiger partial charge is 0.252 e. The zero-order valence-corrected chi connectivity index (χ0v) is 74.8. The van der Waals surface area contributed by atoms with Crippen molar-refractivity contribution < 1.29 is 24.7 Å². The molecule has 0 atom stereocenters. The highest BCUT2D eigenvalue weighted by molar-refractivity contribution is 7.00. The van der Waals surface area contributed by atoms with E-state index in [2.05, 4.69) is 98.7 Å². The molecule has 0 fully saturated rings. The Morgan fingerprint density at radius 3 is 0.767 bits per heavy atom. The lowest BCUT2D eigenvalue weighted by Gasteiger charge is -2.47. The lowest BCUT2D eigenvalue weighted by atomic mass is 9.33. The van der Waals surface area contributed by atoms with Crippen LogP contribution in [-0.2, 0) is 16.2 Å². The zero-order chi connectivity index (χ0) is 105. The van der Waals surface area contributed by atoms with Gasteiger partial charge in [-0.3, -0.25) is 0 Å². The Hall–Kier alpha value is -16.0. The fourth-order valence-electron chi connectivity index (χ4n) is 20.3. The van der Waals surface area contributed by atoms with Gasteiger partial charge in [-0.25, -0.2) is 0 Å². The summed E-state index contributed by atoms with van der Waals surface area (Å²) in [5, 5.41) is 2.72. The largest absolute Gasteiger partial charge is 0.310 e. The summed E-state index contributed by atoms with van der Waals surface area (Å²) >= 11 is 0. The average Bonchev–Trinajstić information content (AvgIpc) is 1.63. The molecule has 25 rings (SSSR count). The van der Waals surface area contributed by atoms with Gasteiger partial charge in [0.05, 0.1) is 80.2 Å². The summed E-state index contributed by atoms with van der Waals surface area (Å²) < 4.78 is 208. The maximum atomic E-state index is 12.4. The van der Waals surface area contributed by atoms with E-state index in [1.54, 1.807) is 69.8 Å². The van der Waals surface area contributed by atoms with Crippen LogP contribution in [-0.4, -0.2) is 25.0 Å². The van der Waals surface area contributed by atoms with Crippen LogP contribution in [0.2, 0.25) is 0 Å². The number of anilines is 6. The second-order valence-corrected chi connectivity index (χ2v) is 38.0. The number of fused-ring (bicyclic) bond motifs is 16. The van der Waals surface area contributed by atoms with Crippen LogP contribution in [0.3, 0.4) is 0 Å². The fraction of sp³-hybridized carbons (Fsp3) is 0.0952. The van der Waals surface area contributed by atoms with Gasteiger partial charge < -0.3 is 28.1 Å². The molecule has 2 aliphatic heterocycles.